The van der Waals surface area contributed by atoms with Gasteiger partial charge in [-0.25, -0.2) is 9.37 Å². The van der Waals surface area contributed by atoms with Gasteiger partial charge in [0, 0.05) is 44.9 Å². The van der Waals surface area contributed by atoms with Crippen molar-refractivity contribution in [2.75, 3.05) is 26.2 Å². The summed E-state index contributed by atoms with van der Waals surface area (Å²) in [4.78, 5) is 48.2. The monoisotopic (exact) mass is 471 g/mol. The van der Waals surface area contributed by atoms with Crippen molar-refractivity contribution < 1.29 is 18.8 Å². The minimum absolute atomic E-state index is 0.0355. The Labute approximate surface area is 194 Å². The first-order valence-electron chi connectivity index (χ1n) is 10.5. The molecule has 0 saturated carbocycles. The molecule has 0 spiro atoms. The molecule has 2 N–H and O–H groups in total. The highest BCUT2D eigenvalue weighted by Crippen LogP contribution is 2.18. The van der Waals surface area contributed by atoms with Gasteiger partial charge in [0.1, 0.15) is 22.7 Å². The van der Waals surface area contributed by atoms with Crippen LogP contribution in [0.2, 0.25) is 5.15 Å². The van der Waals surface area contributed by atoms with Gasteiger partial charge in [0.25, 0.3) is 5.91 Å². The first kappa shape index (κ1) is 22.7. The molecule has 0 bridgehead atoms. The predicted octanol–water partition coefficient (Wildman–Crippen LogP) is 2.39. The van der Waals surface area contributed by atoms with Crippen molar-refractivity contribution in [2.45, 2.75) is 19.4 Å². The largest absolute Gasteiger partial charge is 0.349 e. The van der Waals surface area contributed by atoms with Crippen LogP contribution in [0.15, 0.2) is 42.6 Å². The number of aromatic nitrogens is 2. The number of H-pyrrole nitrogens is 1. The van der Waals surface area contributed by atoms with Crippen molar-refractivity contribution in [1.29, 1.82) is 0 Å². The van der Waals surface area contributed by atoms with Gasteiger partial charge in [-0.05, 0) is 29.8 Å². The highest BCUT2D eigenvalue weighted by Gasteiger charge is 2.30. The van der Waals surface area contributed by atoms with Crippen LogP contribution in [-0.2, 0) is 16.0 Å². The number of hydrogen-bond acceptors (Lipinski definition) is 4. The summed E-state index contributed by atoms with van der Waals surface area (Å²) < 4.78 is 13.3. The molecule has 1 aromatic carbocycles. The van der Waals surface area contributed by atoms with Crippen LogP contribution in [0.5, 0.6) is 0 Å². The Bertz CT molecular complexity index is 1190. The molecule has 1 atom stereocenters. The van der Waals surface area contributed by atoms with E-state index in [4.69, 9.17) is 11.6 Å². The van der Waals surface area contributed by atoms with E-state index in [0.29, 0.717) is 42.4 Å². The Morgan fingerprint density at radius 2 is 1.79 bits per heavy atom. The van der Waals surface area contributed by atoms with Gasteiger partial charge in [-0.2, -0.15) is 0 Å². The van der Waals surface area contributed by atoms with Gasteiger partial charge in [0.15, 0.2) is 0 Å². The number of nitrogens with one attached hydrogen (secondary N) is 2. The molecule has 0 unspecified atom stereocenters. The summed E-state index contributed by atoms with van der Waals surface area (Å²) in [6, 6.07) is 8.23. The van der Waals surface area contributed by atoms with Crippen molar-refractivity contribution >= 4 is 40.2 Å². The molecular weight excluding hydrogens is 449 g/mol. The van der Waals surface area contributed by atoms with Crippen molar-refractivity contribution in [3.63, 3.8) is 0 Å². The van der Waals surface area contributed by atoms with Crippen LogP contribution in [0.3, 0.4) is 0 Å². The fourth-order valence-corrected chi connectivity index (χ4v) is 4.05. The van der Waals surface area contributed by atoms with Crippen LogP contribution in [-0.4, -0.2) is 69.7 Å². The number of hydrogen-bond donors (Lipinski definition) is 2. The Morgan fingerprint density at radius 1 is 1.12 bits per heavy atom. The molecule has 10 heteroatoms. The third-order valence-corrected chi connectivity index (χ3v) is 5.92. The normalized spacial score (nSPS) is 14.9. The highest BCUT2D eigenvalue weighted by atomic mass is 35.5. The number of benzene rings is 1. The number of carbonyl (C=O) groups excluding carboxylic acids is 3. The second-order valence-corrected chi connectivity index (χ2v) is 8.35. The number of nitrogens with zero attached hydrogens (tertiary/aromatic N) is 3. The van der Waals surface area contributed by atoms with Crippen LogP contribution >= 0.6 is 11.6 Å². The van der Waals surface area contributed by atoms with Gasteiger partial charge in [-0.1, -0.05) is 23.7 Å². The number of aromatic amines is 1. The van der Waals surface area contributed by atoms with Gasteiger partial charge in [-0.15, -0.1) is 0 Å². The molecular formula is C23H23ClFN5O3. The van der Waals surface area contributed by atoms with Gasteiger partial charge in [0.2, 0.25) is 11.8 Å². The first-order chi connectivity index (χ1) is 15.8. The summed E-state index contributed by atoms with van der Waals surface area (Å²) in [5, 5.41) is 3.85. The smallest absolute Gasteiger partial charge is 0.268 e. The third-order valence-electron chi connectivity index (χ3n) is 5.71. The molecule has 0 radical (unpaired) electrons. The van der Waals surface area contributed by atoms with Crippen molar-refractivity contribution in [3.05, 3.63) is 64.8 Å². The number of fused-ring (bicyclic) bond motifs is 1. The summed E-state index contributed by atoms with van der Waals surface area (Å²) in [7, 11) is 0. The van der Waals surface area contributed by atoms with Crippen LogP contribution < -0.4 is 5.32 Å². The SMILES string of the molecule is CC(=O)N1CCN(C(=O)[C@H](Cc2ccc(F)cc2)NC(=O)c2cc3cc(Cl)ncc3[nH]2)CC1. The minimum atomic E-state index is -0.861. The lowest BCUT2D eigenvalue weighted by atomic mass is 10.0. The van der Waals surface area contributed by atoms with Crippen molar-refractivity contribution in [2.24, 2.45) is 0 Å². The van der Waals surface area contributed by atoms with E-state index in [2.05, 4.69) is 15.3 Å². The molecule has 33 heavy (non-hydrogen) atoms. The van der Waals surface area contributed by atoms with Gasteiger partial charge in [-0.3, -0.25) is 14.4 Å². The van der Waals surface area contributed by atoms with Gasteiger partial charge < -0.3 is 20.1 Å². The predicted molar refractivity (Wildman–Crippen MR) is 121 cm³/mol. The summed E-state index contributed by atoms with van der Waals surface area (Å²) in [5.41, 5.74) is 1.63. The molecule has 1 aliphatic heterocycles. The summed E-state index contributed by atoms with van der Waals surface area (Å²) in [5.74, 6) is -1.12. The van der Waals surface area contributed by atoms with Crippen LogP contribution in [0.1, 0.15) is 23.0 Å². The number of rotatable bonds is 5. The van der Waals surface area contributed by atoms with E-state index >= 15 is 0 Å². The third kappa shape index (κ3) is 5.31. The summed E-state index contributed by atoms with van der Waals surface area (Å²) >= 11 is 5.92. The Balaban J connectivity index is 1.53. The van der Waals surface area contributed by atoms with Crippen LogP contribution in [0.25, 0.3) is 10.9 Å². The quantitative estimate of drug-likeness (QED) is 0.558. The maximum Gasteiger partial charge on any atom is 0.268 e. The highest BCUT2D eigenvalue weighted by molar-refractivity contribution is 6.30. The number of pyridine rings is 1. The lowest BCUT2D eigenvalue weighted by Gasteiger charge is -2.36. The fourth-order valence-electron chi connectivity index (χ4n) is 3.88. The van der Waals surface area contributed by atoms with E-state index in [1.165, 1.54) is 25.3 Å². The first-order valence-corrected chi connectivity index (χ1v) is 10.9. The van der Waals surface area contributed by atoms with E-state index in [-0.39, 0.29) is 29.7 Å². The Morgan fingerprint density at radius 3 is 2.45 bits per heavy atom. The van der Waals surface area contributed by atoms with E-state index in [9.17, 15) is 18.8 Å². The zero-order chi connectivity index (χ0) is 23.5. The molecule has 3 amide bonds. The number of piperazine rings is 1. The van der Waals surface area contributed by atoms with Crippen LogP contribution in [0, 0.1) is 5.82 Å². The Hall–Kier alpha value is -3.46. The Kier molecular flexibility index (Phi) is 6.60. The molecule has 172 valence electrons. The van der Waals surface area contributed by atoms with Gasteiger partial charge in [0.05, 0.1) is 11.7 Å². The lowest BCUT2D eigenvalue weighted by molar-refractivity contribution is -0.139. The van der Waals surface area contributed by atoms with E-state index in [1.807, 2.05) is 0 Å². The topological polar surface area (TPSA) is 98.4 Å². The summed E-state index contributed by atoms with van der Waals surface area (Å²) in [6.45, 7) is 3.13. The van der Waals surface area contributed by atoms with Crippen LogP contribution in [0.4, 0.5) is 4.39 Å². The molecule has 1 fully saturated rings. The van der Waals surface area contributed by atoms with Crippen molar-refractivity contribution in [1.82, 2.24) is 25.1 Å². The second-order valence-electron chi connectivity index (χ2n) is 7.97. The molecule has 8 nitrogen and oxygen atoms in total. The molecule has 1 saturated heterocycles. The van der Waals surface area contributed by atoms with E-state index in [1.54, 1.807) is 34.1 Å². The molecule has 4 rings (SSSR count). The zero-order valence-electron chi connectivity index (χ0n) is 18.0. The molecule has 3 aromatic rings. The standard InChI is InChI=1S/C23H23ClFN5O3/c1-14(31)29-6-8-30(9-7-29)23(33)19(10-15-2-4-17(25)5-3-15)28-22(32)18-11-16-12-21(24)26-13-20(16)27-18/h2-5,11-13,19,27H,6-10H2,1H3,(H,28,32)/t19-/m0/s1. The number of halogens is 2. The molecule has 0 aliphatic carbocycles. The molecule has 1 aliphatic rings. The minimum Gasteiger partial charge on any atom is -0.349 e. The zero-order valence-corrected chi connectivity index (χ0v) is 18.7. The number of carbonyl (C=O) groups is 3. The lowest BCUT2D eigenvalue weighted by Crippen LogP contribution is -2.56. The average molecular weight is 472 g/mol. The molecule has 3 heterocycles. The van der Waals surface area contributed by atoms with E-state index in [0.717, 1.165) is 5.39 Å². The summed E-state index contributed by atoms with van der Waals surface area (Å²) in [6.07, 6.45) is 1.73. The maximum absolute atomic E-state index is 13.3. The molecule has 2 aromatic heterocycles. The second kappa shape index (κ2) is 9.58. The maximum atomic E-state index is 13.3. The van der Waals surface area contributed by atoms with E-state index < -0.39 is 11.9 Å². The van der Waals surface area contributed by atoms with Gasteiger partial charge >= 0.3 is 0 Å². The number of amides is 3. The van der Waals surface area contributed by atoms with Crippen molar-refractivity contribution in [3.8, 4) is 0 Å². The average Bonchev–Trinajstić information content (AvgIpc) is 3.23. The fraction of sp³-hybridized carbons (Fsp3) is 0.304.